The van der Waals surface area contributed by atoms with Gasteiger partial charge in [-0.25, -0.2) is 0 Å². The molecule has 8 nitrogen and oxygen atoms in total. The van der Waals surface area contributed by atoms with Gasteiger partial charge in [-0.15, -0.1) is 0 Å². The number of amides is 3. The van der Waals surface area contributed by atoms with Gasteiger partial charge in [-0.1, -0.05) is 12.8 Å². The van der Waals surface area contributed by atoms with E-state index in [1.807, 2.05) is 24.3 Å². The molecule has 2 heterocycles. The molecule has 2 unspecified atom stereocenters. The van der Waals surface area contributed by atoms with Crippen LogP contribution in [0.4, 0.5) is 11.4 Å². The Morgan fingerprint density at radius 3 is 2.13 bits per heavy atom. The summed E-state index contributed by atoms with van der Waals surface area (Å²) in [6.45, 7) is 1.20. The number of ether oxygens (including phenoxy) is 1. The Morgan fingerprint density at radius 1 is 0.933 bits per heavy atom. The van der Waals surface area contributed by atoms with Crippen LogP contribution in [0.2, 0.25) is 0 Å². The lowest BCUT2D eigenvalue weighted by atomic mass is 9.81. The third kappa shape index (κ3) is 4.32. The van der Waals surface area contributed by atoms with Crippen molar-refractivity contribution >= 4 is 35.1 Å². The normalized spacial score (nSPS) is 23.5. The predicted octanol–water partition coefficient (Wildman–Crippen LogP) is 1.94. The third-order valence-electron chi connectivity index (χ3n) is 6.21. The maximum Gasteiger partial charge on any atom is 0.326 e. The number of esters is 1. The first kappa shape index (κ1) is 20.4. The number of fused-ring (bicyclic) bond motifs is 1. The molecule has 1 N–H and O–H groups in total. The number of hydrogen-bond acceptors (Lipinski definition) is 6. The molecule has 2 saturated heterocycles. The lowest BCUT2D eigenvalue weighted by Crippen LogP contribution is -2.37. The van der Waals surface area contributed by atoms with Crippen LogP contribution in [0.3, 0.4) is 0 Å². The van der Waals surface area contributed by atoms with E-state index < -0.39 is 25.0 Å². The van der Waals surface area contributed by atoms with Gasteiger partial charge in [0.05, 0.1) is 11.8 Å². The molecule has 0 bridgehead atoms. The predicted molar refractivity (Wildman–Crippen MR) is 110 cm³/mol. The maximum absolute atomic E-state index is 12.4. The van der Waals surface area contributed by atoms with Crippen molar-refractivity contribution in [3.8, 4) is 0 Å². The highest BCUT2D eigenvalue weighted by Gasteiger charge is 2.48. The van der Waals surface area contributed by atoms with Crippen LogP contribution in [0.1, 0.15) is 38.5 Å². The van der Waals surface area contributed by atoms with E-state index in [0.29, 0.717) is 18.5 Å². The Kier molecular flexibility index (Phi) is 6.01. The van der Waals surface area contributed by atoms with Gasteiger partial charge < -0.3 is 15.0 Å². The largest absolute Gasteiger partial charge is 0.454 e. The van der Waals surface area contributed by atoms with Gasteiger partial charge in [0, 0.05) is 24.5 Å². The van der Waals surface area contributed by atoms with E-state index in [9.17, 15) is 19.2 Å². The Bertz CT molecular complexity index is 808. The molecular formula is C22H27N3O5. The van der Waals surface area contributed by atoms with Crippen molar-refractivity contribution in [3.05, 3.63) is 24.3 Å². The molecule has 1 saturated carbocycles. The van der Waals surface area contributed by atoms with Crippen LogP contribution < -0.4 is 10.2 Å². The van der Waals surface area contributed by atoms with Crippen molar-refractivity contribution < 1.29 is 23.9 Å². The van der Waals surface area contributed by atoms with E-state index in [0.717, 1.165) is 36.5 Å². The van der Waals surface area contributed by atoms with Crippen LogP contribution in [0.5, 0.6) is 0 Å². The number of carbonyl (C=O) groups excluding carboxylic acids is 4. The number of imide groups is 1. The third-order valence-corrected chi connectivity index (χ3v) is 6.21. The zero-order valence-electron chi connectivity index (χ0n) is 17.0. The van der Waals surface area contributed by atoms with Gasteiger partial charge >= 0.3 is 5.97 Å². The molecule has 2 aliphatic heterocycles. The van der Waals surface area contributed by atoms with Gasteiger partial charge in [0.25, 0.3) is 5.91 Å². The second-order valence-corrected chi connectivity index (χ2v) is 8.21. The molecule has 0 spiro atoms. The Balaban J connectivity index is 1.23. The van der Waals surface area contributed by atoms with Crippen molar-refractivity contribution in [2.75, 3.05) is 36.5 Å². The quantitative estimate of drug-likeness (QED) is 0.566. The Hall–Kier alpha value is -2.90. The SMILES string of the molecule is O=C(COC(=O)CN1C(=O)C2CCCCC2C1=O)Nc1ccc(N2CCCC2)cc1. The monoisotopic (exact) mass is 413 g/mol. The highest BCUT2D eigenvalue weighted by Crippen LogP contribution is 2.37. The first-order valence-electron chi connectivity index (χ1n) is 10.7. The molecule has 3 aliphatic rings. The summed E-state index contributed by atoms with van der Waals surface area (Å²) in [5.74, 6) is -2.40. The standard InChI is InChI=1S/C22H27N3O5/c26-19(23-15-7-9-16(10-8-15)24-11-3-4-12-24)14-30-20(27)13-25-21(28)17-5-1-2-6-18(17)22(25)29/h7-10,17-18H,1-6,11-14H2,(H,23,26). The van der Waals surface area contributed by atoms with E-state index >= 15 is 0 Å². The number of rotatable bonds is 6. The molecule has 30 heavy (non-hydrogen) atoms. The van der Waals surface area contributed by atoms with E-state index in [1.54, 1.807) is 0 Å². The van der Waals surface area contributed by atoms with E-state index in [1.165, 1.54) is 12.8 Å². The number of benzene rings is 1. The smallest absolute Gasteiger partial charge is 0.326 e. The first-order valence-corrected chi connectivity index (χ1v) is 10.7. The molecule has 1 aliphatic carbocycles. The van der Waals surface area contributed by atoms with Crippen LogP contribution in [0, 0.1) is 11.8 Å². The van der Waals surface area contributed by atoms with Crippen molar-refractivity contribution in [2.24, 2.45) is 11.8 Å². The minimum Gasteiger partial charge on any atom is -0.454 e. The lowest BCUT2D eigenvalue weighted by molar-refractivity contribution is -0.154. The molecule has 1 aromatic carbocycles. The van der Waals surface area contributed by atoms with Crippen molar-refractivity contribution in [1.29, 1.82) is 0 Å². The molecule has 0 radical (unpaired) electrons. The second-order valence-electron chi connectivity index (χ2n) is 8.21. The summed E-state index contributed by atoms with van der Waals surface area (Å²) in [6, 6.07) is 7.54. The van der Waals surface area contributed by atoms with Gasteiger partial charge in [0.15, 0.2) is 6.61 Å². The maximum atomic E-state index is 12.4. The summed E-state index contributed by atoms with van der Waals surface area (Å²) in [6.07, 6.45) is 5.63. The molecule has 8 heteroatoms. The summed E-state index contributed by atoms with van der Waals surface area (Å²) < 4.78 is 4.99. The molecule has 160 valence electrons. The minimum absolute atomic E-state index is 0.288. The fraction of sp³-hybridized carbons (Fsp3) is 0.545. The molecule has 3 fully saturated rings. The summed E-state index contributed by atoms with van der Waals surface area (Å²) in [4.78, 5) is 52.3. The second kappa shape index (κ2) is 8.85. The first-order chi connectivity index (χ1) is 14.5. The zero-order valence-corrected chi connectivity index (χ0v) is 17.0. The molecule has 1 aromatic rings. The molecule has 3 amide bonds. The number of carbonyl (C=O) groups is 4. The van der Waals surface area contributed by atoms with Crippen molar-refractivity contribution in [2.45, 2.75) is 38.5 Å². The zero-order chi connectivity index (χ0) is 21.1. The van der Waals surface area contributed by atoms with E-state index in [4.69, 9.17) is 4.74 Å². The van der Waals surface area contributed by atoms with Crippen LogP contribution in [-0.4, -0.2) is 54.8 Å². The number of likely N-dealkylation sites (tertiary alicyclic amines) is 1. The fourth-order valence-corrected chi connectivity index (χ4v) is 4.64. The highest BCUT2D eigenvalue weighted by molar-refractivity contribution is 6.07. The van der Waals surface area contributed by atoms with Gasteiger partial charge in [-0.05, 0) is 49.9 Å². The van der Waals surface area contributed by atoms with Gasteiger partial charge in [-0.3, -0.25) is 24.1 Å². The van der Waals surface area contributed by atoms with Crippen LogP contribution in [0.15, 0.2) is 24.3 Å². The molecule has 2 atom stereocenters. The molecule has 4 rings (SSSR count). The van der Waals surface area contributed by atoms with Crippen LogP contribution in [-0.2, 0) is 23.9 Å². The number of nitrogens with zero attached hydrogens (tertiary/aromatic N) is 2. The van der Waals surface area contributed by atoms with Crippen molar-refractivity contribution in [1.82, 2.24) is 4.90 Å². The highest BCUT2D eigenvalue weighted by atomic mass is 16.5. The number of anilines is 2. The van der Waals surface area contributed by atoms with E-state index in [2.05, 4.69) is 10.2 Å². The summed E-state index contributed by atoms with van der Waals surface area (Å²) in [7, 11) is 0. The number of nitrogens with one attached hydrogen (secondary N) is 1. The van der Waals surface area contributed by atoms with Crippen molar-refractivity contribution in [3.63, 3.8) is 0 Å². The number of hydrogen-bond donors (Lipinski definition) is 1. The van der Waals surface area contributed by atoms with Gasteiger partial charge in [0.1, 0.15) is 6.54 Å². The topological polar surface area (TPSA) is 96.0 Å². The Morgan fingerprint density at radius 2 is 1.53 bits per heavy atom. The average molecular weight is 413 g/mol. The summed E-state index contributed by atoms with van der Waals surface area (Å²) in [5.41, 5.74) is 1.74. The summed E-state index contributed by atoms with van der Waals surface area (Å²) >= 11 is 0. The lowest BCUT2D eigenvalue weighted by Gasteiger charge is -2.19. The summed E-state index contributed by atoms with van der Waals surface area (Å²) in [5, 5.41) is 2.68. The average Bonchev–Trinajstić information content (AvgIpc) is 3.37. The van der Waals surface area contributed by atoms with E-state index in [-0.39, 0.29) is 23.7 Å². The van der Waals surface area contributed by atoms with Gasteiger partial charge in [0.2, 0.25) is 11.8 Å². The molecule has 0 aromatic heterocycles. The Labute approximate surface area is 175 Å². The molecular weight excluding hydrogens is 386 g/mol. The minimum atomic E-state index is -0.755. The van der Waals surface area contributed by atoms with Gasteiger partial charge in [-0.2, -0.15) is 0 Å². The van der Waals surface area contributed by atoms with Crippen LogP contribution in [0.25, 0.3) is 0 Å². The van der Waals surface area contributed by atoms with Crippen LogP contribution >= 0.6 is 0 Å². The fourth-order valence-electron chi connectivity index (χ4n) is 4.64.